The van der Waals surface area contributed by atoms with Crippen molar-refractivity contribution in [2.75, 3.05) is 25.5 Å². The highest BCUT2D eigenvalue weighted by Crippen LogP contribution is 2.29. The van der Waals surface area contributed by atoms with Crippen LogP contribution < -0.4 is 11.1 Å². The third-order valence-electron chi connectivity index (χ3n) is 3.45. The lowest BCUT2D eigenvalue weighted by atomic mass is 10.2. The topological polar surface area (TPSA) is 101 Å². The van der Waals surface area contributed by atoms with Gasteiger partial charge in [-0.1, -0.05) is 0 Å². The van der Waals surface area contributed by atoms with Crippen LogP contribution in [0.4, 0.5) is 5.69 Å². The third-order valence-corrected chi connectivity index (χ3v) is 3.45. The average Bonchev–Trinajstić information content (AvgIpc) is 3.07. The predicted octanol–water partition coefficient (Wildman–Crippen LogP) is 1.52. The molecule has 0 spiro atoms. The van der Waals surface area contributed by atoms with Gasteiger partial charge in [-0.05, 0) is 52.0 Å². The smallest absolute Gasteiger partial charge is 0.286 e. The van der Waals surface area contributed by atoms with Gasteiger partial charge in [0.1, 0.15) is 5.69 Å². The number of furan rings is 1. The van der Waals surface area contributed by atoms with Crippen molar-refractivity contribution in [3.05, 3.63) is 23.6 Å². The number of fused-ring (bicyclic) bond motifs is 1. The Hall–Kier alpha value is -2.41. The number of nitrogens with two attached hydrogens (primary N) is 1. The highest BCUT2D eigenvalue weighted by Gasteiger charge is 2.18. The van der Waals surface area contributed by atoms with Crippen LogP contribution in [0.5, 0.6) is 0 Å². The Morgan fingerprint density at radius 2 is 2.09 bits per heavy atom. The van der Waals surface area contributed by atoms with Gasteiger partial charge in [-0.15, -0.1) is 0 Å². The van der Waals surface area contributed by atoms with E-state index < -0.39 is 5.91 Å². The number of anilines is 1. The molecular weight excluding hydrogens is 284 g/mol. The number of carbonyl (C=O) groups excluding carboxylic acids is 2. The highest BCUT2D eigenvalue weighted by atomic mass is 16.4. The van der Waals surface area contributed by atoms with Crippen molar-refractivity contribution in [1.82, 2.24) is 9.88 Å². The Labute approximate surface area is 128 Å². The van der Waals surface area contributed by atoms with Crippen LogP contribution >= 0.6 is 0 Å². The lowest BCUT2D eigenvalue weighted by Gasteiger charge is -2.01. The molecule has 2 amide bonds. The molecule has 1 saturated heterocycles. The molecule has 0 saturated carbocycles. The fourth-order valence-electron chi connectivity index (χ4n) is 2.32. The second-order valence-electron chi connectivity index (χ2n) is 5.25. The van der Waals surface area contributed by atoms with Crippen LogP contribution in [0.1, 0.15) is 29.1 Å². The summed E-state index contributed by atoms with van der Waals surface area (Å²) in [4.78, 5) is 28.0. The summed E-state index contributed by atoms with van der Waals surface area (Å²) >= 11 is 0. The standard InChI is InChI=1S/C10H9N3O3.C5H11N/c1-5-2-3-6-7(12-4-14)8(9(11)15)16-10(6)13-5;1-6-4-2-3-5-6/h2-4H,1H3,(H2,11,15)(H,12,14);2-5H2,1H3. The summed E-state index contributed by atoms with van der Waals surface area (Å²) in [6, 6.07) is 3.46. The maximum atomic E-state index is 11.1. The first kappa shape index (κ1) is 16.0. The van der Waals surface area contributed by atoms with Crippen molar-refractivity contribution in [3.8, 4) is 0 Å². The van der Waals surface area contributed by atoms with Gasteiger partial charge in [-0.2, -0.15) is 0 Å². The molecule has 0 aromatic carbocycles. The Balaban J connectivity index is 0.000000246. The number of hydrogen-bond donors (Lipinski definition) is 2. The first-order chi connectivity index (χ1) is 10.5. The van der Waals surface area contributed by atoms with Crippen LogP contribution in [0.25, 0.3) is 11.1 Å². The predicted molar refractivity (Wildman–Crippen MR) is 83.7 cm³/mol. The van der Waals surface area contributed by atoms with Gasteiger partial charge >= 0.3 is 0 Å². The molecule has 0 aliphatic carbocycles. The minimum absolute atomic E-state index is 0.0970. The second-order valence-corrected chi connectivity index (χ2v) is 5.25. The summed E-state index contributed by atoms with van der Waals surface area (Å²) in [5, 5.41) is 2.93. The summed E-state index contributed by atoms with van der Waals surface area (Å²) in [7, 11) is 2.17. The van der Waals surface area contributed by atoms with Gasteiger partial charge in [0.25, 0.3) is 5.91 Å². The molecule has 1 aliphatic rings. The molecule has 0 radical (unpaired) electrons. The molecule has 7 heteroatoms. The SMILES string of the molecule is CN1CCCC1.Cc1ccc2c(NC=O)c(C(N)=O)oc2n1. The molecule has 118 valence electrons. The minimum atomic E-state index is -0.750. The maximum absolute atomic E-state index is 11.1. The molecule has 0 unspecified atom stereocenters. The number of rotatable bonds is 3. The van der Waals surface area contributed by atoms with E-state index in [-0.39, 0.29) is 17.2 Å². The first-order valence-corrected chi connectivity index (χ1v) is 7.11. The maximum Gasteiger partial charge on any atom is 0.286 e. The normalized spacial score (nSPS) is 14.5. The molecule has 22 heavy (non-hydrogen) atoms. The van der Waals surface area contributed by atoms with Gasteiger partial charge in [0.2, 0.25) is 17.9 Å². The number of aromatic nitrogens is 1. The van der Waals surface area contributed by atoms with E-state index in [1.165, 1.54) is 25.9 Å². The zero-order valence-electron chi connectivity index (χ0n) is 12.8. The van der Waals surface area contributed by atoms with Crippen molar-refractivity contribution in [3.63, 3.8) is 0 Å². The Kier molecular flexibility index (Phi) is 5.11. The number of hydrogen-bond acceptors (Lipinski definition) is 5. The fourth-order valence-corrected chi connectivity index (χ4v) is 2.32. The number of nitrogens with zero attached hydrogens (tertiary/aromatic N) is 2. The second kappa shape index (κ2) is 7.04. The monoisotopic (exact) mass is 304 g/mol. The number of nitrogens with one attached hydrogen (secondary N) is 1. The van der Waals surface area contributed by atoms with E-state index in [1.807, 2.05) is 0 Å². The molecule has 0 bridgehead atoms. The van der Waals surface area contributed by atoms with Crippen LogP contribution in [0.15, 0.2) is 16.5 Å². The first-order valence-electron chi connectivity index (χ1n) is 7.11. The van der Waals surface area contributed by atoms with Gasteiger partial charge in [0.15, 0.2) is 0 Å². The molecule has 7 nitrogen and oxygen atoms in total. The molecule has 0 atom stereocenters. The zero-order valence-corrected chi connectivity index (χ0v) is 12.8. The van der Waals surface area contributed by atoms with Crippen LogP contribution in [0.2, 0.25) is 0 Å². The number of pyridine rings is 1. The van der Waals surface area contributed by atoms with Gasteiger partial charge in [-0.25, -0.2) is 4.98 Å². The van der Waals surface area contributed by atoms with E-state index in [9.17, 15) is 9.59 Å². The van der Waals surface area contributed by atoms with E-state index in [2.05, 4.69) is 22.2 Å². The van der Waals surface area contributed by atoms with Gasteiger partial charge in [0.05, 0.1) is 5.39 Å². The van der Waals surface area contributed by atoms with Crippen LogP contribution in [0, 0.1) is 6.92 Å². The molecule has 3 heterocycles. The minimum Gasteiger partial charge on any atom is -0.430 e. The van der Waals surface area contributed by atoms with Crippen molar-refractivity contribution < 1.29 is 14.0 Å². The summed E-state index contributed by atoms with van der Waals surface area (Å²) in [5.74, 6) is -0.847. The molecule has 1 fully saturated rings. The summed E-state index contributed by atoms with van der Waals surface area (Å²) in [5.41, 5.74) is 6.41. The Morgan fingerprint density at radius 3 is 2.59 bits per heavy atom. The Morgan fingerprint density at radius 1 is 1.41 bits per heavy atom. The van der Waals surface area contributed by atoms with Crippen molar-refractivity contribution in [2.24, 2.45) is 5.73 Å². The molecule has 2 aromatic rings. The van der Waals surface area contributed by atoms with Crippen molar-refractivity contribution >= 4 is 29.1 Å². The lowest BCUT2D eigenvalue weighted by molar-refractivity contribution is -0.105. The van der Waals surface area contributed by atoms with Crippen LogP contribution in [0.3, 0.4) is 0 Å². The number of primary amides is 1. The highest BCUT2D eigenvalue weighted by molar-refractivity contribution is 6.07. The average molecular weight is 304 g/mol. The number of likely N-dealkylation sites (tertiary alicyclic amines) is 1. The molecule has 3 N–H and O–H groups in total. The quantitative estimate of drug-likeness (QED) is 0.837. The van der Waals surface area contributed by atoms with E-state index in [0.717, 1.165) is 5.69 Å². The number of amides is 2. The molecule has 2 aromatic heterocycles. The summed E-state index contributed by atoms with van der Waals surface area (Å²) in [6.45, 7) is 4.43. The number of aryl methyl sites for hydroxylation is 1. The van der Waals surface area contributed by atoms with Crippen LogP contribution in [-0.4, -0.2) is 42.3 Å². The van der Waals surface area contributed by atoms with Gasteiger partial charge in [-0.3, -0.25) is 9.59 Å². The molecule has 1 aliphatic heterocycles. The third kappa shape index (κ3) is 3.62. The van der Waals surface area contributed by atoms with Crippen LogP contribution in [-0.2, 0) is 4.79 Å². The molecule has 3 rings (SSSR count). The van der Waals surface area contributed by atoms with E-state index in [1.54, 1.807) is 19.1 Å². The lowest BCUT2D eigenvalue weighted by Crippen LogP contribution is -2.12. The van der Waals surface area contributed by atoms with E-state index in [0.29, 0.717) is 11.8 Å². The van der Waals surface area contributed by atoms with Gasteiger partial charge < -0.3 is 20.4 Å². The fraction of sp³-hybridized carbons (Fsp3) is 0.400. The van der Waals surface area contributed by atoms with Crippen molar-refractivity contribution in [2.45, 2.75) is 19.8 Å². The van der Waals surface area contributed by atoms with Gasteiger partial charge in [0, 0.05) is 5.69 Å². The Bertz CT molecular complexity index is 675. The zero-order chi connectivity index (χ0) is 16.1. The largest absolute Gasteiger partial charge is 0.430 e. The van der Waals surface area contributed by atoms with Crippen molar-refractivity contribution in [1.29, 1.82) is 0 Å². The molecular formula is C15H20N4O3. The summed E-state index contributed by atoms with van der Waals surface area (Å²) < 4.78 is 5.19. The van der Waals surface area contributed by atoms with E-state index >= 15 is 0 Å². The number of carbonyl (C=O) groups is 2. The van der Waals surface area contributed by atoms with E-state index in [4.69, 9.17) is 10.2 Å². The summed E-state index contributed by atoms with van der Waals surface area (Å²) in [6.07, 6.45) is 3.28.